The van der Waals surface area contributed by atoms with Crippen LogP contribution in [-0.4, -0.2) is 41.8 Å². The summed E-state index contributed by atoms with van der Waals surface area (Å²) in [6.45, 7) is 11.4. The van der Waals surface area contributed by atoms with Crippen LogP contribution in [0.2, 0.25) is 0 Å². The molecule has 1 unspecified atom stereocenters. The van der Waals surface area contributed by atoms with Gasteiger partial charge in [0.1, 0.15) is 0 Å². The van der Waals surface area contributed by atoms with E-state index in [1.165, 1.54) is 12.8 Å². The summed E-state index contributed by atoms with van der Waals surface area (Å²) in [6.07, 6.45) is 2.43. The second-order valence-corrected chi connectivity index (χ2v) is 4.82. The van der Waals surface area contributed by atoms with Gasteiger partial charge in [0.05, 0.1) is 6.61 Å². The lowest BCUT2D eigenvalue weighted by Crippen LogP contribution is -2.51. The average molecular weight is 216 g/mol. The zero-order chi connectivity index (χ0) is 11.9. The Balaban J connectivity index is 4.13. The van der Waals surface area contributed by atoms with Gasteiger partial charge < -0.3 is 15.7 Å². The minimum Gasteiger partial charge on any atom is -0.394 e. The Kier molecular flexibility index (Phi) is 7.14. The Labute approximate surface area is 94.6 Å². The number of nitrogens with two attached hydrogens (primary N) is 1. The van der Waals surface area contributed by atoms with Crippen molar-refractivity contribution in [3.63, 3.8) is 0 Å². The van der Waals surface area contributed by atoms with E-state index < -0.39 is 5.54 Å². The number of aliphatic hydroxyl groups is 1. The number of likely N-dealkylation sites (N-methyl/N-ethyl adjacent to an activating group) is 1. The first-order valence-electron chi connectivity index (χ1n) is 6.11. The molecule has 0 aliphatic carbocycles. The van der Waals surface area contributed by atoms with Gasteiger partial charge in [0.25, 0.3) is 0 Å². The highest BCUT2D eigenvalue weighted by Crippen LogP contribution is 2.11. The van der Waals surface area contributed by atoms with Crippen molar-refractivity contribution in [3.8, 4) is 0 Å². The van der Waals surface area contributed by atoms with Gasteiger partial charge in [-0.05, 0) is 19.4 Å². The Morgan fingerprint density at radius 1 is 1.27 bits per heavy atom. The second kappa shape index (κ2) is 7.20. The summed E-state index contributed by atoms with van der Waals surface area (Å²) < 4.78 is 0. The van der Waals surface area contributed by atoms with Crippen molar-refractivity contribution in [1.82, 2.24) is 4.90 Å². The van der Waals surface area contributed by atoms with Crippen molar-refractivity contribution in [2.45, 2.75) is 46.1 Å². The van der Waals surface area contributed by atoms with Crippen LogP contribution in [0, 0.1) is 5.92 Å². The lowest BCUT2D eigenvalue weighted by Gasteiger charge is -2.32. The summed E-state index contributed by atoms with van der Waals surface area (Å²) in [5.74, 6) is 0.749. The van der Waals surface area contributed by atoms with Gasteiger partial charge in [0, 0.05) is 18.6 Å². The van der Waals surface area contributed by atoms with Gasteiger partial charge in [-0.2, -0.15) is 0 Å². The summed E-state index contributed by atoms with van der Waals surface area (Å²) in [7, 11) is 0. The molecular formula is C12H28N2O. The zero-order valence-corrected chi connectivity index (χ0v) is 10.8. The fraction of sp³-hybridized carbons (Fsp3) is 1.00. The van der Waals surface area contributed by atoms with Gasteiger partial charge in [0.2, 0.25) is 0 Å². The number of aliphatic hydroxyl groups excluding tert-OH is 1. The molecule has 0 spiro atoms. The minimum atomic E-state index is -0.470. The van der Waals surface area contributed by atoms with Crippen LogP contribution in [0.3, 0.4) is 0 Å². The molecule has 0 aliphatic heterocycles. The number of hydrogen-bond donors (Lipinski definition) is 2. The monoisotopic (exact) mass is 216 g/mol. The molecule has 0 aromatic heterocycles. The standard InChI is InChI=1S/C12H28N2O/c1-5-11(6-2)8-14(7-3)9-12(4,13)10-15/h11,15H,5-10,13H2,1-4H3. The summed E-state index contributed by atoms with van der Waals surface area (Å²) in [6, 6.07) is 0. The molecule has 0 saturated carbocycles. The molecule has 0 aromatic carbocycles. The average Bonchev–Trinajstić information content (AvgIpc) is 2.24. The van der Waals surface area contributed by atoms with Gasteiger partial charge in [-0.1, -0.05) is 33.6 Å². The van der Waals surface area contributed by atoms with Crippen LogP contribution in [0.4, 0.5) is 0 Å². The van der Waals surface area contributed by atoms with E-state index in [9.17, 15) is 0 Å². The smallest absolute Gasteiger partial charge is 0.0621 e. The Bertz CT molecular complexity index is 156. The van der Waals surface area contributed by atoms with Crippen molar-refractivity contribution >= 4 is 0 Å². The van der Waals surface area contributed by atoms with E-state index in [-0.39, 0.29) is 6.61 Å². The lowest BCUT2D eigenvalue weighted by atomic mass is 10.0. The molecule has 0 bridgehead atoms. The first kappa shape index (κ1) is 14.9. The topological polar surface area (TPSA) is 49.5 Å². The molecular weight excluding hydrogens is 188 g/mol. The van der Waals surface area contributed by atoms with Crippen LogP contribution in [0.1, 0.15) is 40.5 Å². The molecule has 0 amide bonds. The van der Waals surface area contributed by atoms with Crippen LogP contribution in [0.5, 0.6) is 0 Å². The van der Waals surface area contributed by atoms with E-state index in [4.69, 9.17) is 10.8 Å². The van der Waals surface area contributed by atoms with Gasteiger partial charge >= 0.3 is 0 Å². The van der Waals surface area contributed by atoms with Gasteiger partial charge in [-0.3, -0.25) is 0 Å². The van der Waals surface area contributed by atoms with E-state index in [0.717, 1.165) is 25.6 Å². The van der Waals surface area contributed by atoms with E-state index in [2.05, 4.69) is 25.7 Å². The molecule has 3 heteroatoms. The van der Waals surface area contributed by atoms with E-state index in [0.29, 0.717) is 0 Å². The lowest BCUT2D eigenvalue weighted by molar-refractivity contribution is 0.137. The molecule has 0 rings (SSSR count). The second-order valence-electron chi connectivity index (χ2n) is 4.82. The van der Waals surface area contributed by atoms with Crippen molar-refractivity contribution in [2.75, 3.05) is 26.2 Å². The maximum Gasteiger partial charge on any atom is 0.0621 e. The minimum absolute atomic E-state index is 0.0480. The van der Waals surface area contributed by atoms with Crippen molar-refractivity contribution in [2.24, 2.45) is 11.7 Å². The normalized spacial score (nSPS) is 16.0. The summed E-state index contributed by atoms with van der Waals surface area (Å²) in [5, 5.41) is 9.14. The third kappa shape index (κ3) is 6.13. The Hall–Kier alpha value is -0.120. The van der Waals surface area contributed by atoms with Crippen LogP contribution in [-0.2, 0) is 0 Å². The van der Waals surface area contributed by atoms with E-state index in [1.54, 1.807) is 0 Å². The van der Waals surface area contributed by atoms with Crippen molar-refractivity contribution in [1.29, 1.82) is 0 Å². The summed E-state index contributed by atoms with van der Waals surface area (Å²) >= 11 is 0. The predicted molar refractivity (Wildman–Crippen MR) is 65.9 cm³/mol. The molecule has 0 aliphatic rings. The summed E-state index contributed by atoms with van der Waals surface area (Å²) in [4.78, 5) is 2.34. The third-order valence-corrected chi connectivity index (χ3v) is 3.06. The maximum absolute atomic E-state index is 9.14. The Morgan fingerprint density at radius 3 is 2.13 bits per heavy atom. The third-order valence-electron chi connectivity index (χ3n) is 3.06. The first-order valence-corrected chi connectivity index (χ1v) is 6.11. The molecule has 15 heavy (non-hydrogen) atoms. The van der Waals surface area contributed by atoms with Crippen LogP contribution >= 0.6 is 0 Å². The van der Waals surface area contributed by atoms with Crippen molar-refractivity contribution in [3.05, 3.63) is 0 Å². The van der Waals surface area contributed by atoms with Crippen LogP contribution in [0.25, 0.3) is 0 Å². The Morgan fingerprint density at radius 2 is 1.80 bits per heavy atom. The van der Waals surface area contributed by atoms with E-state index >= 15 is 0 Å². The number of nitrogens with zero attached hydrogens (tertiary/aromatic N) is 1. The number of rotatable bonds is 8. The maximum atomic E-state index is 9.14. The molecule has 0 radical (unpaired) electrons. The first-order chi connectivity index (χ1) is 6.99. The fourth-order valence-corrected chi connectivity index (χ4v) is 1.78. The van der Waals surface area contributed by atoms with Gasteiger partial charge in [-0.25, -0.2) is 0 Å². The largest absolute Gasteiger partial charge is 0.394 e. The van der Waals surface area contributed by atoms with Gasteiger partial charge in [0.15, 0.2) is 0 Å². The molecule has 0 aromatic rings. The van der Waals surface area contributed by atoms with Crippen molar-refractivity contribution < 1.29 is 5.11 Å². The SMILES string of the molecule is CCC(CC)CN(CC)CC(C)(N)CO. The predicted octanol–water partition coefficient (Wildman–Crippen LogP) is 1.45. The quantitative estimate of drug-likeness (QED) is 0.646. The fourth-order valence-electron chi connectivity index (χ4n) is 1.78. The molecule has 0 heterocycles. The molecule has 3 nitrogen and oxygen atoms in total. The zero-order valence-electron chi connectivity index (χ0n) is 10.8. The molecule has 0 fully saturated rings. The molecule has 92 valence electrons. The number of hydrogen-bond acceptors (Lipinski definition) is 3. The highest BCUT2D eigenvalue weighted by Gasteiger charge is 2.21. The molecule has 1 atom stereocenters. The van der Waals surface area contributed by atoms with Crippen LogP contribution in [0.15, 0.2) is 0 Å². The van der Waals surface area contributed by atoms with E-state index in [1.807, 2.05) is 6.92 Å². The highest BCUT2D eigenvalue weighted by atomic mass is 16.3. The summed E-state index contributed by atoms with van der Waals surface area (Å²) in [5.41, 5.74) is 5.49. The van der Waals surface area contributed by atoms with Gasteiger partial charge in [-0.15, -0.1) is 0 Å². The van der Waals surface area contributed by atoms with Crippen LogP contribution < -0.4 is 5.73 Å². The molecule has 0 saturated heterocycles. The highest BCUT2D eigenvalue weighted by molar-refractivity contribution is 4.82. The molecule has 3 N–H and O–H groups in total.